The van der Waals surface area contributed by atoms with Gasteiger partial charge in [0.25, 0.3) is 0 Å². The molecule has 0 saturated heterocycles. The summed E-state index contributed by atoms with van der Waals surface area (Å²) in [6, 6.07) is 0.144. The summed E-state index contributed by atoms with van der Waals surface area (Å²) >= 11 is 0. The van der Waals surface area contributed by atoms with Crippen LogP contribution in [0, 0.1) is 11.8 Å². The molecule has 2 unspecified atom stereocenters. The minimum Gasteiger partial charge on any atom is -0.378 e. The summed E-state index contributed by atoms with van der Waals surface area (Å²) in [5.41, 5.74) is 5.84. The van der Waals surface area contributed by atoms with Crippen LogP contribution in [0.2, 0.25) is 0 Å². The number of carbonyl (C=O) groups is 1. The monoisotopic (exact) mass is 298 g/mol. The van der Waals surface area contributed by atoms with Crippen LogP contribution in [0.3, 0.4) is 0 Å². The summed E-state index contributed by atoms with van der Waals surface area (Å²) in [7, 11) is 0. The first-order valence-corrected chi connectivity index (χ1v) is 8.64. The highest BCUT2D eigenvalue weighted by Crippen LogP contribution is 2.26. The SMILES string of the molecule is CC(C)CC(C)OCCC(=O)NC(CN)C1CCCCC1. The fourth-order valence-corrected chi connectivity index (χ4v) is 3.27. The average molecular weight is 298 g/mol. The van der Waals surface area contributed by atoms with Crippen molar-refractivity contribution in [3.63, 3.8) is 0 Å². The molecule has 0 heterocycles. The van der Waals surface area contributed by atoms with Gasteiger partial charge in [-0.1, -0.05) is 33.1 Å². The van der Waals surface area contributed by atoms with Crippen LogP contribution in [0.5, 0.6) is 0 Å². The quantitative estimate of drug-likeness (QED) is 0.688. The highest BCUT2D eigenvalue weighted by atomic mass is 16.5. The van der Waals surface area contributed by atoms with Gasteiger partial charge in [-0.05, 0) is 38.0 Å². The van der Waals surface area contributed by atoms with Gasteiger partial charge in [-0.3, -0.25) is 4.79 Å². The maximum absolute atomic E-state index is 12.0. The minimum atomic E-state index is 0.0766. The van der Waals surface area contributed by atoms with E-state index in [1.165, 1.54) is 32.1 Å². The molecule has 1 fully saturated rings. The van der Waals surface area contributed by atoms with Crippen LogP contribution in [0.4, 0.5) is 0 Å². The summed E-state index contributed by atoms with van der Waals surface area (Å²) < 4.78 is 5.69. The van der Waals surface area contributed by atoms with Crippen molar-refractivity contribution >= 4 is 5.91 Å². The molecule has 0 bridgehead atoms. The van der Waals surface area contributed by atoms with E-state index in [0.717, 1.165) is 6.42 Å². The topological polar surface area (TPSA) is 64.3 Å². The first kappa shape index (κ1) is 18.4. The van der Waals surface area contributed by atoms with Crippen LogP contribution in [-0.4, -0.2) is 31.2 Å². The van der Waals surface area contributed by atoms with Gasteiger partial charge in [0.05, 0.1) is 12.7 Å². The average Bonchev–Trinajstić information content (AvgIpc) is 2.45. The number of ether oxygens (including phenoxy) is 1. The van der Waals surface area contributed by atoms with Gasteiger partial charge in [-0.2, -0.15) is 0 Å². The molecular formula is C17H34N2O2. The van der Waals surface area contributed by atoms with E-state index in [2.05, 4.69) is 26.1 Å². The molecular weight excluding hydrogens is 264 g/mol. The molecule has 3 N–H and O–H groups in total. The van der Waals surface area contributed by atoms with Gasteiger partial charge in [0, 0.05) is 19.0 Å². The summed E-state index contributed by atoms with van der Waals surface area (Å²) in [5.74, 6) is 1.27. The molecule has 4 nitrogen and oxygen atoms in total. The van der Waals surface area contributed by atoms with Crippen molar-refractivity contribution < 1.29 is 9.53 Å². The smallest absolute Gasteiger partial charge is 0.222 e. The molecule has 0 radical (unpaired) electrons. The van der Waals surface area contributed by atoms with E-state index in [4.69, 9.17) is 10.5 Å². The van der Waals surface area contributed by atoms with Crippen molar-refractivity contribution in [1.82, 2.24) is 5.32 Å². The lowest BCUT2D eigenvalue weighted by Crippen LogP contribution is -2.46. The van der Waals surface area contributed by atoms with Crippen LogP contribution >= 0.6 is 0 Å². The van der Waals surface area contributed by atoms with Crippen molar-refractivity contribution in [1.29, 1.82) is 0 Å². The summed E-state index contributed by atoms with van der Waals surface area (Å²) in [5, 5.41) is 3.11. The second-order valence-electron chi connectivity index (χ2n) is 6.87. The Balaban J connectivity index is 2.21. The first-order chi connectivity index (χ1) is 10.0. The van der Waals surface area contributed by atoms with Crippen LogP contribution in [0.1, 0.15) is 65.7 Å². The molecule has 0 aromatic carbocycles. The van der Waals surface area contributed by atoms with Crippen molar-refractivity contribution in [2.75, 3.05) is 13.2 Å². The largest absolute Gasteiger partial charge is 0.378 e. The van der Waals surface area contributed by atoms with Gasteiger partial charge in [-0.25, -0.2) is 0 Å². The van der Waals surface area contributed by atoms with Crippen LogP contribution in [-0.2, 0) is 9.53 Å². The van der Waals surface area contributed by atoms with Gasteiger partial charge in [0.1, 0.15) is 0 Å². The number of nitrogens with two attached hydrogens (primary N) is 1. The standard InChI is InChI=1S/C17H34N2O2/c1-13(2)11-14(3)21-10-9-17(20)19-16(12-18)15-7-5-4-6-8-15/h13-16H,4-12,18H2,1-3H3,(H,19,20). The normalized spacial score (nSPS) is 19.5. The summed E-state index contributed by atoms with van der Waals surface area (Å²) in [6.07, 6.45) is 7.96. The molecule has 124 valence electrons. The third kappa shape index (κ3) is 7.82. The van der Waals surface area contributed by atoms with Crippen molar-refractivity contribution in [2.45, 2.75) is 77.9 Å². The van der Waals surface area contributed by atoms with Crippen LogP contribution in [0.25, 0.3) is 0 Å². The number of hydrogen-bond acceptors (Lipinski definition) is 3. The Morgan fingerprint density at radius 2 is 1.90 bits per heavy atom. The molecule has 0 spiro atoms. The van der Waals surface area contributed by atoms with E-state index in [1.807, 2.05) is 0 Å². The van der Waals surface area contributed by atoms with Gasteiger partial charge in [0.2, 0.25) is 5.91 Å². The molecule has 1 aliphatic carbocycles. The van der Waals surface area contributed by atoms with E-state index in [0.29, 0.717) is 31.4 Å². The molecule has 21 heavy (non-hydrogen) atoms. The summed E-state index contributed by atoms with van der Waals surface area (Å²) in [4.78, 5) is 12.0. The lowest BCUT2D eigenvalue weighted by molar-refractivity contribution is -0.123. The van der Waals surface area contributed by atoms with Gasteiger partial charge in [0.15, 0.2) is 0 Å². The molecule has 0 aliphatic heterocycles. The van der Waals surface area contributed by atoms with E-state index >= 15 is 0 Å². The Morgan fingerprint density at radius 1 is 1.24 bits per heavy atom. The molecule has 1 saturated carbocycles. The second-order valence-corrected chi connectivity index (χ2v) is 6.87. The molecule has 1 rings (SSSR count). The second kappa shape index (κ2) is 10.2. The first-order valence-electron chi connectivity index (χ1n) is 8.64. The molecule has 0 aromatic heterocycles. The Bertz CT molecular complexity index is 289. The molecule has 2 atom stereocenters. The van der Waals surface area contributed by atoms with E-state index in [-0.39, 0.29) is 18.1 Å². The Kier molecular flexibility index (Phi) is 8.93. The number of nitrogens with one attached hydrogen (secondary N) is 1. The third-order valence-electron chi connectivity index (χ3n) is 4.35. The fourth-order valence-electron chi connectivity index (χ4n) is 3.27. The van der Waals surface area contributed by atoms with E-state index in [9.17, 15) is 4.79 Å². The number of hydrogen-bond donors (Lipinski definition) is 2. The third-order valence-corrected chi connectivity index (χ3v) is 4.35. The van der Waals surface area contributed by atoms with Crippen molar-refractivity contribution in [3.05, 3.63) is 0 Å². The number of amides is 1. The zero-order chi connectivity index (χ0) is 15.7. The van der Waals surface area contributed by atoms with E-state index < -0.39 is 0 Å². The van der Waals surface area contributed by atoms with Crippen molar-refractivity contribution in [3.8, 4) is 0 Å². The maximum Gasteiger partial charge on any atom is 0.222 e. The van der Waals surface area contributed by atoms with Crippen LogP contribution in [0.15, 0.2) is 0 Å². The zero-order valence-corrected chi connectivity index (χ0v) is 14.1. The molecule has 1 aliphatic rings. The fraction of sp³-hybridized carbons (Fsp3) is 0.941. The number of carbonyl (C=O) groups excluding carboxylic acids is 1. The molecule has 4 heteroatoms. The highest BCUT2D eigenvalue weighted by molar-refractivity contribution is 5.76. The Morgan fingerprint density at radius 3 is 2.48 bits per heavy atom. The van der Waals surface area contributed by atoms with Crippen LogP contribution < -0.4 is 11.1 Å². The van der Waals surface area contributed by atoms with Gasteiger partial charge >= 0.3 is 0 Å². The maximum atomic E-state index is 12.0. The van der Waals surface area contributed by atoms with Gasteiger partial charge in [-0.15, -0.1) is 0 Å². The van der Waals surface area contributed by atoms with Crippen molar-refractivity contribution in [2.24, 2.45) is 17.6 Å². The molecule has 1 amide bonds. The predicted octanol–water partition coefficient (Wildman–Crippen LogP) is 2.85. The Labute approximate surface area is 130 Å². The number of rotatable bonds is 9. The molecule has 0 aromatic rings. The zero-order valence-electron chi connectivity index (χ0n) is 14.1. The minimum absolute atomic E-state index is 0.0766. The lowest BCUT2D eigenvalue weighted by atomic mass is 9.84. The summed E-state index contributed by atoms with van der Waals surface area (Å²) in [6.45, 7) is 7.48. The highest BCUT2D eigenvalue weighted by Gasteiger charge is 2.23. The van der Waals surface area contributed by atoms with Gasteiger partial charge < -0.3 is 15.8 Å². The predicted molar refractivity (Wildman–Crippen MR) is 87.0 cm³/mol. The lowest BCUT2D eigenvalue weighted by Gasteiger charge is -2.30. The van der Waals surface area contributed by atoms with E-state index in [1.54, 1.807) is 0 Å². The Hall–Kier alpha value is -0.610.